The third-order valence-electron chi connectivity index (χ3n) is 3.97. The molecule has 1 fully saturated rings. The minimum Gasteiger partial charge on any atom is -0.495 e. The first-order valence-electron chi connectivity index (χ1n) is 6.46. The van der Waals surface area contributed by atoms with Gasteiger partial charge in [-0.3, -0.25) is 4.79 Å². The monoisotopic (exact) mass is 277 g/mol. The predicted octanol–water partition coefficient (Wildman–Crippen LogP) is 1.57. The average Bonchev–Trinajstić information content (AvgIpc) is 2.44. The number of amidine groups is 1. The summed E-state index contributed by atoms with van der Waals surface area (Å²) >= 11 is 0. The zero-order valence-corrected chi connectivity index (χ0v) is 11.7. The lowest BCUT2D eigenvalue weighted by Gasteiger charge is -2.41. The van der Waals surface area contributed by atoms with Gasteiger partial charge in [0, 0.05) is 7.05 Å². The van der Waals surface area contributed by atoms with Crippen LogP contribution in [0.25, 0.3) is 0 Å². The largest absolute Gasteiger partial charge is 0.495 e. The van der Waals surface area contributed by atoms with Crippen molar-refractivity contribution in [2.24, 2.45) is 16.3 Å². The summed E-state index contributed by atoms with van der Waals surface area (Å²) in [4.78, 5) is 14.2. The van der Waals surface area contributed by atoms with Crippen molar-refractivity contribution >= 4 is 17.4 Å². The Kier molecular flexibility index (Phi) is 3.83. The van der Waals surface area contributed by atoms with Crippen molar-refractivity contribution in [1.29, 1.82) is 0 Å². The van der Waals surface area contributed by atoms with Crippen LogP contribution in [0.4, 0.5) is 5.69 Å². The first-order valence-corrected chi connectivity index (χ1v) is 6.46. The minimum atomic E-state index is -0.885. The number of rotatable bonds is 4. The van der Waals surface area contributed by atoms with Gasteiger partial charge in [0.25, 0.3) is 0 Å². The van der Waals surface area contributed by atoms with E-state index in [-0.39, 0.29) is 11.7 Å². The zero-order chi connectivity index (χ0) is 14.8. The molecule has 2 rings (SSSR count). The molecule has 0 unspecified atom stereocenters. The number of nitrogens with two attached hydrogens (primary N) is 1. The Morgan fingerprint density at radius 3 is 2.60 bits per heavy atom. The van der Waals surface area contributed by atoms with E-state index in [1.165, 1.54) is 4.90 Å². The van der Waals surface area contributed by atoms with Crippen molar-refractivity contribution in [1.82, 2.24) is 0 Å². The molecule has 6 heteroatoms. The normalized spacial score (nSPS) is 17.2. The molecular formula is C14H19N3O3. The maximum absolute atomic E-state index is 12.7. The standard InChI is InChI=1S/C14H19N3O3/c1-17(10-6-3-4-7-11(10)20-2)13(18)14(8-5-9-14)12(15)16-19/h3-4,6-7,19H,5,8-9H2,1-2H3,(H2,15,16). The van der Waals surface area contributed by atoms with Gasteiger partial charge in [0.05, 0.1) is 12.8 Å². The lowest BCUT2D eigenvalue weighted by molar-refractivity contribution is -0.128. The highest BCUT2D eigenvalue weighted by Crippen LogP contribution is 2.44. The lowest BCUT2D eigenvalue weighted by Crippen LogP contribution is -2.54. The molecule has 108 valence electrons. The number of carbonyl (C=O) groups is 1. The van der Waals surface area contributed by atoms with Gasteiger partial charge in [0.1, 0.15) is 11.2 Å². The van der Waals surface area contributed by atoms with E-state index in [1.54, 1.807) is 26.3 Å². The summed E-state index contributed by atoms with van der Waals surface area (Å²) in [6, 6.07) is 7.26. The van der Waals surface area contributed by atoms with Gasteiger partial charge in [-0.25, -0.2) is 0 Å². The second-order valence-corrected chi connectivity index (χ2v) is 4.96. The van der Waals surface area contributed by atoms with E-state index in [2.05, 4.69) is 5.16 Å². The molecule has 3 N–H and O–H groups in total. The quantitative estimate of drug-likeness (QED) is 0.378. The van der Waals surface area contributed by atoms with Gasteiger partial charge in [0.2, 0.25) is 5.91 Å². The Labute approximate surface area is 117 Å². The Morgan fingerprint density at radius 1 is 1.45 bits per heavy atom. The molecule has 0 heterocycles. The minimum absolute atomic E-state index is 0.0181. The number of methoxy groups -OCH3 is 1. The highest BCUT2D eigenvalue weighted by Gasteiger charge is 2.50. The Balaban J connectivity index is 2.33. The van der Waals surface area contributed by atoms with Crippen LogP contribution in [-0.4, -0.2) is 31.1 Å². The topological polar surface area (TPSA) is 88.2 Å². The summed E-state index contributed by atoms with van der Waals surface area (Å²) in [5.74, 6) is 0.413. The smallest absolute Gasteiger partial charge is 0.240 e. The molecular weight excluding hydrogens is 258 g/mol. The summed E-state index contributed by atoms with van der Waals surface area (Å²) in [5.41, 5.74) is 5.50. The molecule has 1 aromatic rings. The van der Waals surface area contributed by atoms with Crippen LogP contribution in [0.5, 0.6) is 5.75 Å². The van der Waals surface area contributed by atoms with E-state index >= 15 is 0 Å². The fraction of sp³-hybridized carbons (Fsp3) is 0.429. The number of amides is 1. The van der Waals surface area contributed by atoms with Gasteiger partial charge >= 0.3 is 0 Å². The van der Waals surface area contributed by atoms with Crippen molar-refractivity contribution in [3.63, 3.8) is 0 Å². The van der Waals surface area contributed by atoms with Crippen molar-refractivity contribution in [3.8, 4) is 5.75 Å². The number of oxime groups is 1. The van der Waals surface area contributed by atoms with Crippen LogP contribution in [0.1, 0.15) is 19.3 Å². The summed E-state index contributed by atoms with van der Waals surface area (Å²) < 4.78 is 5.26. The molecule has 6 nitrogen and oxygen atoms in total. The van der Waals surface area contributed by atoms with Gasteiger partial charge in [-0.2, -0.15) is 0 Å². The van der Waals surface area contributed by atoms with Crippen molar-refractivity contribution < 1.29 is 14.7 Å². The second kappa shape index (κ2) is 5.40. The number of anilines is 1. The first kappa shape index (κ1) is 14.2. The van der Waals surface area contributed by atoms with E-state index in [4.69, 9.17) is 15.7 Å². The van der Waals surface area contributed by atoms with Crippen LogP contribution in [0.2, 0.25) is 0 Å². The third kappa shape index (κ3) is 2.07. The van der Waals surface area contributed by atoms with Gasteiger partial charge in [-0.1, -0.05) is 23.7 Å². The van der Waals surface area contributed by atoms with E-state index in [0.29, 0.717) is 24.3 Å². The number of carbonyl (C=O) groups excluding carboxylic acids is 1. The number of benzene rings is 1. The van der Waals surface area contributed by atoms with Gasteiger partial charge in [-0.15, -0.1) is 0 Å². The first-order chi connectivity index (χ1) is 9.56. The van der Waals surface area contributed by atoms with Crippen LogP contribution in [0.3, 0.4) is 0 Å². The van der Waals surface area contributed by atoms with Gasteiger partial charge in [-0.05, 0) is 25.0 Å². The third-order valence-corrected chi connectivity index (χ3v) is 3.97. The molecule has 1 aromatic carbocycles. The molecule has 1 saturated carbocycles. The molecule has 0 bridgehead atoms. The predicted molar refractivity (Wildman–Crippen MR) is 76.1 cm³/mol. The van der Waals surface area contributed by atoms with Crippen molar-refractivity contribution in [2.45, 2.75) is 19.3 Å². The summed E-state index contributed by atoms with van der Waals surface area (Å²) in [7, 11) is 3.23. The lowest BCUT2D eigenvalue weighted by atomic mass is 9.67. The van der Waals surface area contributed by atoms with Crippen LogP contribution in [0.15, 0.2) is 29.4 Å². The molecule has 1 aliphatic rings. The van der Waals surface area contributed by atoms with Crippen LogP contribution >= 0.6 is 0 Å². The molecule has 0 saturated heterocycles. The average molecular weight is 277 g/mol. The van der Waals surface area contributed by atoms with E-state index in [0.717, 1.165) is 6.42 Å². The Bertz CT molecular complexity index is 538. The molecule has 1 aliphatic carbocycles. The van der Waals surface area contributed by atoms with E-state index in [9.17, 15) is 4.79 Å². The van der Waals surface area contributed by atoms with Gasteiger partial charge < -0.3 is 20.6 Å². The van der Waals surface area contributed by atoms with Crippen molar-refractivity contribution in [2.75, 3.05) is 19.1 Å². The highest BCUT2D eigenvalue weighted by molar-refractivity contribution is 6.13. The van der Waals surface area contributed by atoms with E-state index < -0.39 is 5.41 Å². The highest BCUT2D eigenvalue weighted by atomic mass is 16.5. The molecule has 20 heavy (non-hydrogen) atoms. The second-order valence-electron chi connectivity index (χ2n) is 4.96. The van der Waals surface area contributed by atoms with Gasteiger partial charge in [0.15, 0.2) is 5.84 Å². The molecule has 0 aromatic heterocycles. The van der Waals surface area contributed by atoms with Crippen LogP contribution < -0.4 is 15.4 Å². The summed E-state index contributed by atoms with van der Waals surface area (Å²) in [6.07, 6.45) is 2.09. The van der Waals surface area contributed by atoms with Crippen molar-refractivity contribution in [3.05, 3.63) is 24.3 Å². The Hall–Kier alpha value is -2.24. The van der Waals surface area contributed by atoms with Crippen LogP contribution in [-0.2, 0) is 4.79 Å². The SMILES string of the molecule is COc1ccccc1N(C)C(=O)C1(/C(N)=N/O)CCC1. The number of para-hydroxylation sites is 2. The zero-order valence-electron chi connectivity index (χ0n) is 11.7. The maximum atomic E-state index is 12.7. The number of hydrogen-bond acceptors (Lipinski definition) is 4. The Morgan fingerprint density at radius 2 is 2.10 bits per heavy atom. The summed E-state index contributed by atoms with van der Waals surface area (Å²) in [6.45, 7) is 0. The number of nitrogens with zero attached hydrogens (tertiary/aromatic N) is 2. The van der Waals surface area contributed by atoms with E-state index in [1.807, 2.05) is 12.1 Å². The fourth-order valence-electron chi connectivity index (χ4n) is 2.54. The number of ether oxygens (including phenoxy) is 1. The van der Waals surface area contributed by atoms with Crippen LogP contribution in [0, 0.1) is 5.41 Å². The molecule has 0 atom stereocenters. The number of hydrogen-bond donors (Lipinski definition) is 2. The maximum Gasteiger partial charge on any atom is 0.240 e. The molecule has 0 spiro atoms. The summed E-state index contributed by atoms with van der Waals surface area (Å²) in [5, 5.41) is 11.9. The molecule has 1 amide bonds. The molecule has 0 radical (unpaired) electrons. The fourth-order valence-corrected chi connectivity index (χ4v) is 2.54. The molecule has 0 aliphatic heterocycles.